The molecule has 1 aromatic carbocycles. The SMILES string of the molecule is CC1(C)NC(=O)CN(Cc2ccc(Cl)c(F)c2)C1=O. The van der Waals surface area contributed by atoms with Gasteiger partial charge in [-0.15, -0.1) is 0 Å². The highest BCUT2D eigenvalue weighted by atomic mass is 35.5. The van der Waals surface area contributed by atoms with E-state index in [2.05, 4.69) is 5.32 Å². The highest BCUT2D eigenvalue weighted by Gasteiger charge is 2.38. The summed E-state index contributed by atoms with van der Waals surface area (Å²) in [5.41, 5.74) is -0.332. The lowest BCUT2D eigenvalue weighted by atomic mass is 10.00. The van der Waals surface area contributed by atoms with Crippen molar-refractivity contribution in [3.63, 3.8) is 0 Å². The van der Waals surface area contributed by atoms with E-state index in [1.54, 1.807) is 19.9 Å². The van der Waals surface area contributed by atoms with Crippen molar-refractivity contribution in [2.75, 3.05) is 6.54 Å². The van der Waals surface area contributed by atoms with E-state index in [1.807, 2.05) is 0 Å². The Morgan fingerprint density at radius 3 is 2.74 bits per heavy atom. The van der Waals surface area contributed by atoms with Crippen LogP contribution in [0.3, 0.4) is 0 Å². The Labute approximate surface area is 115 Å². The maximum absolute atomic E-state index is 13.3. The number of hydrogen-bond donors (Lipinski definition) is 1. The van der Waals surface area contributed by atoms with Gasteiger partial charge in [0.05, 0.1) is 11.6 Å². The zero-order valence-corrected chi connectivity index (χ0v) is 11.4. The minimum atomic E-state index is -0.930. The summed E-state index contributed by atoms with van der Waals surface area (Å²) in [6, 6.07) is 4.35. The van der Waals surface area contributed by atoms with E-state index in [-0.39, 0.29) is 29.9 Å². The predicted octanol–water partition coefficient (Wildman–Crippen LogP) is 1.72. The van der Waals surface area contributed by atoms with Crippen LogP contribution in [0.5, 0.6) is 0 Å². The molecule has 1 heterocycles. The second kappa shape index (κ2) is 4.81. The molecule has 1 N–H and O–H groups in total. The summed E-state index contributed by atoms with van der Waals surface area (Å²) in [6.07, 6.45) is 0. The van der Waals surface area contributed by atoms with Gasteiger partial charge in [-0.25, -0.2) is 4.39 Å². The summed E-state index contributed by atoms with van der Waals surface area (Å²) in [4.78, 5) is 25.1. The van der Waals surface area contributed by atoms with E-state index in [0.29, 0.717) is 5.56 Å². The molecule has 0 saturated carbocycles. The Balaban J connectivity index is 2.19. The first-order valence-corrected chi connectivity index (χ1v) is 6.22. The van der Waals surface area contributed by atoms with Gasteiger partial charge in [0, 0.05) is 6.54 Å². The van der Waals surface area contributed by atoms with Gasteiger partial charge in [-0.05, 0) is 31.5 Å². The van der Waals surface area contributed by atoms with Crippen LogP contribution in [0, 0.1) is 5.82 Å². The highest BCUT2D eigenvalue weighted by molar-refractivity contribution is 6.30. The maximum atomic E-state index is 13.3. The van der Waals surface area contributed by atoms with Gasteiger partial charge in [0.2, 0.25) is 11.8 Å². The molecule has 1 aliphatic rings. The van der Waals surface area contributed by atoms with Gasteiger partial charge in [0.25, 0.3) is 0 Å². The van der Waals surface area contributed by atoms with E-state index in [4.69, 9.17) is 11.6 Å². The Bertz CT molecular complexity index is 545. The van der Waals surface area contributed by atoms with Gasteiger partial charge in [-0.2, -0.15) is 0 Å². The number of nitrogens with one attached hydrogen (secondary N) is 1. The van der Waals surface area contributed by atoms with Crippen LogP contribution in [0.25, 0.3) is 0 Å². The monoisotopic (exact) mass is 284 g/mol. The van der Waals surface area contributed by atoms with E-state index < -0.39 is 11.4 Å². The summed E-state index contributed by atoms with van der Waals surface area (Å²) in [5.74, 6) is -0.950. The van der Waals surface area contributed by atoms with E-state index in [0.717, 1.165) is 0 Å². The Morgan fingerprint density at radius 2 is 2.11 bits per heavy atom. The lowest BCUT2D eigenvalue weighted by Crippen LogP contribution is -2.63. The number of benzene rings is 1. The van der Waals surface area contributed by atoms with Gasteiger partial charge in [0.1, 0.15) is 11.4 Å². The Hall–Kier alpha value is -1.62. The van der Waals surface area contributed by atoms with Crippen LogP contribution in [0.4, 0.5) is 4.39 Å². The zero-order chi connectivity index (χ0) is 14.2. The van der Waals surface area contributed by atoms with Crippen molar-refractivity contribution in [3.8, 4) is 0 Å². The summed E-state index contributed by atoms with van der Waals surface area (Å²) in [5, 5.41) is 2.65. The first-order chi connectivity index (χ1) is 8.79. The molecule has 2 rings (SSSR count). The molecule has 6 heteroatoms. The smallest absolute Gasteiger partial charge is 0.248 e. The van der Waals surface area contributed by atoms with Crippen LogP contribution in [0.2, 0.25) is 5.02 Å². The lowest BCUT2D eigenvalue weighted by molar-refractivity contribution is -0.148. The molecule has 0 radical (unpaired) electrons. The molecule has 0 spiro atoms. The molecule has 0 bridgehead atoms. The quantitative estimate of drug-likeness (QED) is 0.899. The third-order valence-electron chi connectivity index (χ3n) is 2.97. The molecular formula is C13H14ClFN2O2. The number of piperazine rings is 1. The fraction of sp³-hybridized carbons (Fsp3) is 0.385. The van der Waals surface area contributed by atoms with Crippen molar-refractivity contribution in [1.29, 1.82) is 0 Å². The summed E-state index contributed by atoms with van der Waals surface area (Å²) in [6.45, 7) is 3.44. The number of hydrogen-bond acceptors (Lipinski definition) is 2. The average Bonchev–Trinajstić information content (AvgIpc) is 2.30. The minimum absolute atomic E-state index is 0.0213. The number of nitrogens with zero attached hydrogens (tertiary/aromatic N) is 1. The molecule has 1 aromatic rings. The summed E-state index contributed by atoms with van der Waals surface area (Å²) < 4.78 is 13.3. The summed E-state index contributed by atoms with van der Waals surface area (Å²) >= 11 is 5.60. The average molecular weight is 285 g/mol. The van der Waals surface area contributed by atoms with Crippen molar-refractivity contribution in [1.82, 2.24) is 10.2 Å². The zero-order valence-electron chi connectivity index (χ0n) is 10.7. The van der Waals surface area contributed by atoms with E-state index in [1.165, 1.54) is 17.0 Å². The standard InChI is InChI=1S/C13H14ClFN2O2/c1-13(2)12(19)17(7-11(18)16-13)6-8-3-4-9(14)10(15)5-8/h3-5H,6-7H2,1-2H3,(H,16,18). The molecule has 0 unspecified atom stereocenters. The van der Waals surface area contributed by atoms with Crippen molar-refractivity contribution in [2.45, 2.75) is 25.9 Å². The molecule has 1 saturated heterocycles. The van der Waals surface area contributed by atoms with Gasteiger partial charge >= 0.3 is 0 Å². The number of rotatable bonds is 2. The molecule has 0 atom stereocenters. The van der Waals surface area contributed by atoms with Crippen molar-refractivity contribution in [3.05, 3.63) is 34.6 Å². The van der Waals surface area contributed by atoms with Crippen LogP contribution < -0.4 is 5.32 Å². The molecule has 1 fully saturated rings. The van der Waals surface area contributed by atoms with Crippen molar-refractivity contribution < 1.29 is 14.0 Å². The first-order valence-electron chi connectivity index (χ1n) is 5.84. The fourth-order valence-electron chi connectivity index (χ4n) is 2.07. The van der Waals surface area contributed by atoms with Crippen LogP contribution in [0.1, 0.15) is 19.4 Å². The number of carbonyl (C=O) groups excluding carboxylic acids is 2. The second-order valence-electron chi connectivity index (χ2n) is 5.08. The highest BCUT2D eigenvalue weighted by Crippen LogP contribution is 2.19. The van der Waals surface area contributed by atoms with E-state index >= 15 is 0 Å². The topological polar surface area (TPSA) is 49.4 Å². The predicted molar refractivity (Wildman–Crippen MR) is 69.0 cm³/mol. The Morgan fingerprint density at radius 1 is 1.42 bits per heavy atom. The molecule has 0 aliphatic carbocycles. The molecule has 19 heavy (non-hydrogen) atoms. The number of carbonyl (C=O) groups is 2. The second-order valence-corrected chi connectivity index (χ2v) is 5.49. The third-order valence-corrected chi connectivity index (χ3v) is 3.27. The first kappa shape index (κ1) is 13.8. The normalized spacial score (nSPS) is 18.4. The van der Waals surface area contributed by atoms with Gasteiger partial charge < -0.3 is 10.2 Å². The van der Waals surface area contributed by atoms with Gasteiger partial charge in [-0.1, -0.05) is 17.7 Å². The summed E-state index contributed by atoms with van der Waals surface area (Å²) in [7, 11) is 0. The van der Waals surface area contributed by atoms with Gasteiger partial charge in [0.15, 0.2) is 0 Å². The largest absolute Gasteiger partial charge is 0.341 e. The molecule has 0 aromatic heterocycles. The van der Waals surface area contributed by atoms with Crippen LogP contribution >= 0.6 is 11.6 Å². The minimum Gasteiger partial charge on any atom is -0.341 e. The lowest BCUT2D eigenvalue weighted by Gasteiger charge is -2.37. The molecule has 1 aliphatic heterocycles. The molecule has 2 amide bonds. The molecule has 102 valence electrons. The number of halogens is 2. The van der Waals surface area contributed by atoms with Crippen LogP contribution in [0.15, 0.2) is 18.2 Å². The molecular weight excluding hydrogens is 271 g/mol. The fourth-order valence-corrected chi connectivity index (χ4v) is 2.19. The van der Waals surface area contributed by atoms with Crippen molar-refractivity contribution in [2.24, 2.45) is 0 Å². The number of amides is 2. The third kappa shape index (κ3) is 2.87. The van der Waals surface area contributed by atoms with Crippen LogP contribution in [-0.2, 0) is 16.1 Å². The van der Waals surface area contributed by atoms with Crippen molar-refractivity contribution >= 4 is 23.4 Å². The molecule has 4 nitrogen and oxygen atoms in total. The Kier molecular flexibility index (Phi) is 3.49. The van der Waals surface area contributed by atoms with Crippen LogP contribution in [-0.4, -0.2) is 28.8 Å². The van der Waals surface area contributed by atoms with E-state index in [9.17, 15) is 14.0 Å². The maximum Gasteiger partial charge on any atom is 0.248 e. The van der Waals surface area contributed by atoms with Gasteiger partial charge in [-0.3, -0.25) is 9.59 Å².